The van der Waals surface area contributed by atoms with E-state index in [1.54, 1.807) is 0 Å². The molecule has 1 N–H and O–H groups in total. The van der Waals surface area contributed by atoms with Gasteiger partial charge in [0, 0.05) is 0 Å². The summed E-state index contributed by atoms with van der Waals surface area (Å²) in [6.45, 7) is 6.88. The van der Waals surface area contributed by atoms with Gasteiger partial charge in [-0.3, -0.25) is 0 Å². The lowest BCUT2D eigenvalue weighted by atomic mass is 9.87. The maximum absolute atomic E-state index is 10.7. The van der Waals surface area contributed by atoms with Gasteiger partial charge in [0.1, 0.15) is 12.4 Å². The average Bonchev–Trinajstić information content (AvgIpc) is 2.59. The minimum absolute atomic E-state index is 0.560. The lowest BCUT2D eigenvalue weighted by Gasteiger charge is -2.25. The molecule has 0 radical (unpaired) electrons. The summed E-state index contributed by atoms with van der Waals surface area (Å²) in [6.07, 6.45) is 2.98. The van der Waals surface area contributed by atoms with Crippen LogP contribution in [0.4, 0.5) is 0 Å². The van der Waals surface area contributed by atoms with Gasteiger partial charge in [-0.25, -0.2) is 0 Å². The maximum Gasteiger partial charge on any atom is 0.119 e. The molecular weight excluding hydrogens is 284 g/mol. The molecule has 2 rings (SSSR count). The van der Waals surface area contributed by atoms with Gasteiger partial charge in [-0.15, -0.1) is 0 Å². The van der Waals surface area contributed by atoms with E-state index < -0.39 is 5.60 Å². The number of ether oxygens (including phenoxy) is 1. The van der Waals surface area contributed by atoms with Gasteiger partial charge in [-0.05, 0) is 48.9 Å². The van der Waals surface area contributed by atoms with Crippen molar-refractivity contribution in [2.45, 2.75) is 52.2 Å². The Labute approximate surface area is 140 Å². The summed E-state index contributed by atoms with van der Waals surface area (Å²) >= 11 is 0. The molecule has 0 aliphatic heterocycles. The molecule has 2 unspecified atom stereocenters. The van der Waals surface area contributed by atoms with Gasteiger partial charge in [0.25, 0.3) is 0 Å². The third-order valence-electron chi connectivity index (χ3n) is 4.55. The SMILES string of the molecule is CCC(C)CCC(C)(O)c1ccc(OCc2ccccc2)cc1. The van der Waals surface area contributed by atoms with Crippen molar-refractivity contribution in [3.05, 3.63) is 65.7 Å². The Hall–Kier alpha value is -1.80. The van der Waals surface area contributed by atoms with Crippen molar-refractivity contribution in [1.82, 2.24) is 0 Å². The van der Waals surface area contributed by atoms with Crippen molar-refractivity contribution >= 4 is 0 Å². The third kappa shape index (κ3) is 5.40. The summed E-state index contributed by atoms with van der Waals surface area (Å²) in [7, 11) is 0. The van der Waals surface area contributed by atoms with Crippen LogP contribution in [0.2, 0.25) is 0 Å². The molecule has 2 nitrogen and oxygen atoms in total. The number of rotatable bonds is 8. The normalized spacial score (nSPS) is 15.0. The first-order valence-corrected chi connectivity index (χ1v) is 8.51. The lowest BCUT2D eigenvalue weighted by Crippen LogP contribution is -2.21. The molecule has 2 atom stereocenters. The van der Waals surface area contributed by atoms with Crippen LogP contribution in [0.3, 0.4) is 0 Å². The van der Waals surface area contributed by atoms with E-state index in [1.165, 1.54) is 0 Å². The van der Waals surface area contributed by atoms with Crippen LogP contribution in [-0.4, -0.2) is 5.11 Å². The monoisotopic (exact) mass is 312 g/mol. The zero-order chi connectivity index (χ0) is 16.7. The molecule has 2 aromatic carbocycles. The minimum atomic E-state index is -0.776. The second kappa shape index (κ2) is 8.16. The fraction of sp³-hybridized carbons (Fsp3) is 0.429. The van der Waals surface area contributed by atoms with E-state index in [1.807, 2.05) is 61.5 Å². The van der Waals surface area contributed by atoms with Gasteiger partial charge in [-0.1, -0.05) is 62.7 Å². The van der Waals surface area contributed by atoms with Gasteiger partial charge >= 0.3 is 0 Å². The number of hydrogen-bond donors (Lipinski definition) is 1. The van der Waals surface area contributed by atoms with Gasteiger partial charge in [0.15, 0.2) is 0 Å². The predicted octanol–water partition coefficient (Wildman–Crippen LogP) is 5.30. The lowest BCUT2D eigenvalue weighted by molar-refractivity contribution is 0.0411. The van der Waals surface area contributed by atoms with Crippen LogP contribution in [0.25, 0.3) is 0 Å². The highest BCUT2D eigenvalue weighted by molar-refractivity contribution is 5.30. The summed E-state index contributed by atoms with van der Waals surface area (Å²) in [5.41, 5.74) is 1.33. The average molecular weight is 312 g/mol. The first-order chi connectivity index (χ1) is 11.0. The van der Waals surface area contributed by atoms with Crippen molar-refractivity contribution in [2.24, 2.45) is 5.92 Å². The zero-order valence-electron chi connectivity index (χ0n) is 14.5. The van der Waals surface area contributed by atoms with Crippen LogP contribution in [0, 0.1) is 5.92 Å². The van der Waals surface area contributed by atoms with Crippen molar-refractivity contribution < 1.29 is 9.84 Å². The fourth-order valence-electron chi connectivity index (χ4n) is 2.53. The second-order valence-electron chi connectivity index (χ2n) is 6.62. The van der Waals surface area contributed by atoms with Crippen molar-refractivity contribution in [3.8, 4) is 5.75 Å². The number of hydrogen-bond acceptors (Lipinski definition) is 2. The highest BCUT2D eigenvalue weighted by Gasteiger charge is 2.23. The van der Waals surface area contributed by atoms with E-state index in [4.69, 9.17) is 4.74 Å². The smallest absolute Gasteiger partial charge is 0.119 e. The van der Waals surface area contributed by atoms with Gasteiger partial charge in [-0.2, -0.15) is 0 Å². The highest BCUT2D eigenvalue weighted by atomic mass is 16.5. The molecular formula is C21H28O2. The Morgan fingerprint density at radius 2 is 1.70 bits per heavy atom. The van der Waals surface area contributed by atoms with Gasteiger partial charge in [0.05, 0.1) is 5.60 Å². The Bertz CT molecular complexity index is 573. The summed E-state index contributed by atoms with van der Waals surface area (Å²) in [4.78, 5) is 0. The molecule has 2 aromatic rings. The van der Waals surface area contributed by atoms with Gasteiger partial charge < -0.3 is 9.84 Å². The summed E-state index contributed by atoms with van der Waals surface area (Å²) in [6, 6.07) is 17.9. The van der Waals surface area contributed by atoms with Crippen LogP contribution >= 0.6 is 0 Å². The molecule has 124 valence electrons. The van der Waals surface area contributed by atoms with E-state index in [-0.39, 0.29) is 0 Å². The molecule has 23 heavy (non-hydrogen) atoms. The Balaban J connectivity index is 1.93. The Morgan fingerprint density at radius 3 is 2.30 bits per heavy atom. The predicted molar refractivity (Wildman–Crippen MR) is 95.5 cm³/mol. The van der Waals surface area contributed by atoms with E-state index >= 15 is 0 Å². The number of benzene rings is 2. The van der Waals surface area contributed by atoms with Crippen LogP contribution in [0.5, 0.6) is 5.75 Å². The van der Waals surface area contributed by atoms with Gasteiger partial charge in [0.2, 0.25) is 0 Å². The van der Waals surface area contributed by atoms with Crippen LogP contribution in [0.15, 0.2) is 54.6 Å². The topological polar surface area (TPSA) is 29.5 Å². The molecule has 0 saturated carbocycles. The largest absolute Gasteiger partial charge is 0.489 e. The number of aliphatic hydroxyl groups is 1. The van der Waals surface area contributed by atoms with E-state index in [9.17, 15) is 5.11 Å². The van der Waals surface area contributed by atoms with E-state index in [0.29, 0.717) is 12.5 Å². The molecule has 0 fully saturated rings. The molecule has 0 bridgehead atoms. The van der Waals surface area contributed by atoms with Crippen LogP contribution in [-0.2, 0) is 12.2 Å². The third-order valence-corrected chi connectivity index (χ3v) is 4.55. The molecule has 0 amide bonds. The molecule has 0 heterocycles. The molecule has 0 aliphatic carbocycles. The first kappa shape index (κ1) is 17.6. The van der Waals surface area contributed by atoms with E-state index in [0.717, 1.165) is 36.1 Å². The standard InChI is InChI=1S/C21H28O2/c1-4-17(2)14-15-21(3,22)19-10-12-20(13-11-19)23-16-18-8-6-5-7-9-18/h5-13,17,22H,4,14-16H2,1-3H3. The highest BCUT2D eigenvalue weighted by Crippen LogP contribution is 2.29. The fourth-order valence-corrected chi connectivity index (χ4v) is 2.53. The van der Waals surface area contributed by atoms with Crippen molar-refractivity contribution in [2.75, 3.05) is 0 Å². The van der Waals surface area contributed by atoms with Crippen molar-refractivity contribution in [3.63, 3.8) is 0 Å². The second-order valence-corrected chi connectivity index (χ2v) is 6.62. The molecule has 2 heteroatoms. The van der Waals surface area contributed by atoms with Crippen LogP contribution in [0.1, 0.15) is 51.2 Å². The minimum Gasteiger partial charge on any atom is -0.489 e. The summed E-state index contributed by atoms with van der Waals surface area (Å²) < 4.78 is 5.79. The molecule has 0 aliphatic rings. The Kier molecular flexibility index (Phi) is 6.23. The molecule has 0 spiro atoms. The molecule has 0 saturated heterocycles. The summed E-state index contributed by atoms with van der Waals surface area (Å²) in [5.74, 6) is 1.48. The van der Waals surface area contributed by atoms with Crippen LogP contribution < -0.4 is 4.74 Å². The molecule has 0 aromatic heterocycles. The van der Waals surface area contributed by atoms with E-state index in [2.05, 4.69) is 13.8 Å². The zero-order valence-corrected chi connectivity index (χ0v) is 14.5. The maximum atomic E-state index is 10.7. The van der Waals surface area contributed by atoms with Crippen molar-refractivity contribution in [1.29, 1.82) is 0 Å². The Morgan fingerprint density at radius 1 is 1.04 bits per heavy atom. The summed E-state index contributed by atoms with van der Waals surface area (Å²) in [5, 5.41) is 10.7. The quantitative estimate of drug-likeness (QED) is 0.716. The first-order valence-electron chi connectivity index (χ1n) is 8.51.